The Balaban J connectivity index is 2.05. The monoisotopic (exact) mass is 227 g/mol. The summed E-state index contributed by atoms with van der Waals surface area (Å²) in [5.41, 5.74) is 0. The van der Waals surface area contributed by atoms with Gasteiger partial charge in [0.05, 0.1) is 0 Å². The van der Waals surface area contributed by atoms with E-state index in [0.717, 1.165) is 32.1 Å². The van der Waals surface area contributed by atoms with Gasteiger partial charge in [-0.1, -0.05) is 0 Å². The van der Waals surface area contributed by atoms with Gasteiger partial charge in [0, 0.05) is 18.5 Å². The lowest BCUT2D eigenvalue weighted by Gasteiger charge is -2.47. The van der Waals surface area contributed by atoms with Crippen LogP contribution in [0.1, 0.15) is 38.5 Å². The molecule has 2 saturated heterocycles. The van der Waals surface area contributed by atoms with Gasteiger partial charge in [-0.05, 0) is 38.0 Å². The molecular formula is C11H17NO4. The number of nitrogens with zero attached hydrogens (tertiary/aromatic N) is 1. The second-order valence-electron chi connectivity index (χ2n) is 4.86. The number of piperidine rings is 2. The number of fused-ring (bicyclic) bond motifs is 2. The van der Waals surface area contributed by atoms with Gasteiger partial charge >= 0.3 is 12.1 Å². The van der Waals surface area contributed by atoms with Gasteiger partial charge in [-0.3, -0.25) is 4.79 Å². The van der Waals surface area contributed by atoms with Crippen molar-refractivity contribution in [2.75, 3.05) is 0 Å². The number of aliphatic carboxylic acids is 1. The van der Waals surface area contributed by atoms with Crippen LogP contribution in [-0.4, -0.2) is 39.3 Å². The molecule has 2 unspecified atom stereocenters. The predicted molar refractivity (Wildman–Crippen MR) is 56.3 cm³/mol. The zero-order chi connectivity index (χ0) is 11.7. The molecule has 2 aliphatic rings. The van der Waals surface area contributed by atoms with Crippen molar-refractivity contribution in [2.24, 2.45) is 5.92 Å². The highest BCUT2D eigenvalue weighted by Gasteiger charge is 2.41. The smallest absolute Gasteiger partial charge is 0.407 e. The van der Waals surface area contributed by atoms with Gasteiger partial charge in [-0.2, -0.15) is 0 Å². The third kappa shape index (κ3) is 2.13. The highest BCUT2D eigenvalue weighted by molar-refractivity contribution is 5.68. The lowest BCUT2D eigenvalue weighted by molar-refractivity contribution is -0.138. The summed E-state index contributed by atoms with van der Waals surface area (Å²) >= 11 is 0. The number of hydrogen-bond donors (Lipinski definition) is 2. The third-order valence-corrected chi connectivity index (χ3v) is 3.76. The molecule has 1 amide bonds. The summed E-state index contributed by atoms with van der Waals surface area (Å²) in [6, 6.07) is 0.101. The number of amides is 1. The summed E-state index contributed by atoms with van der Waals surface area (Å²) < 4.78 is 0. The molecule has 2 N–H and O–H groups in total. The van der Waals surface area contributed by atoms with E-state index in [4.69, 9.17) is 10.2 Å². The van der Waals surface area contributed by atoms with Crippen molar-refractivity contribution in [3.63, 3.8) is 0 Å². The van der Waals surface area contributed by atoms with Crippen LogP contribution < -0.4 is 0 Å². The molecule has 2 atom stereocenters. The molecule has 0 aliphatic carbocycles. The number of rotatable bonds is 2. The first-order valence-electron chi connectivity index (χ1n) is 5.81. The number of carboxylic acids is 1. The Morgan fingerprint density at radius 3 is 2.12 bits per heavy atom. The van der Waals surface area contributed by atoms with Crippen molar-refractivity contribution in [3.05, 3.63) is 0 Å². The molecule has 0 saturated carbocycles. The summed E-state index contributed by atoms with van der Waals surface area (Å²) in [7, 11) is 0. The summed E-state index contributed by atoms with van der Waals surface area (Å²) in [6.07, 6.45) is 3.62. The van der Waals surface area contributed by atoms with E-state index < -0.39 is 12.1 Å². The van der Waals surface area contributed by atoms with Crippen LogP contribution >= 0.6 is 0 Å². The maximum Gasteiger partial charge on any atom is 0.407 e. The summed E-state index contributed by atoms with van der Waals surface area (Å²) in [5, 5.41) is 17.9. The fraction of sp³-hybridized carbons (Fsp3) is 0.818. The molecule has 5 heteroatoms. The Bertz CT molecular complexity index is 290. The van der Waals surface area contributed by atoms with Crippen LogP contribution in [0.25, 0.3) is 0 Å². The Kier molecular flexibility index (Phi) is 3.03. The molecule has 2 bridgehead atoms. The Morgan fingerprint density at radius 1 is 1.12 bits per heavy atom. The fourth-order valence-electron chi connectivity index (χ4n) is 3.22. The van der Waals surface area contributed by atoms with Crippen LogP contribution in [0.15, 0.2) is 0 Å². The number of carboxylic acid groups (broad SMARTS) is 2. The van der Waals surface area contributed by atoms with Crippen LogP contribution in [0.2, 0.25) is 0 Å². The fourth-order valence-corrected chi connectivity index (χ4v) is 3.22. The quantitative estimate of drug-likeness (QED) is 0.753. The van der Waals surface area contributed by atoms with E-state index in [0.29, 0.717) is 0 Å². The predicted octanol–water partition coefficient (Wildman–Crippen LogP) is 1.77. The van der Waals surface area contributed by atoms with E-state index in [1.54, 1.807) is 4.90 Å². The van der Waals surface area contributed by atoms with Gasteiger partial charge in [0.25, 0.3) is 0 Å². The minimum atomic E-state index is -0.844. The van der Waals surface area contributed by atoms with Crippen molar-refractivity contribution in [1.82, 2.24) is 4.90 Å². The zero-order valence-electron chi connectivity index (χ0n) is 9.13. The molecular weight excluding hydrogens is 210 g/mol. The topological polar surface area (TPSA) is 77.8 Å². The average Bonchev–Trinajstić information content (AvgIpc) is 2.14. The Labute approximate surface area is 94.0 Å². The summed E-state index contributed by atoms with van der Waals surface area (Å²) in [5.74, 6) is -0.616. The summed E-state index contributed by atoms with van der Waals surface area (Å²) in [4.78, 5) is 23.3. The first-order chi connectivity index (χ1) is 7.58. The third-order valence-electron chi connectivity index (χ3n) is 3.76. The molecule has 2 aliphatic heterocycles. The maximum atomic E-state index is 11.1. The first kappa shape index (κ1) is 11.2. The van der Waals surface area contributed by atoms with Gasteiger partial charge < -0.3 is 15.1 Å². The van der Waals surface area contributed by atoms with E-state index in [9.17, 15) is 9.59 Å². The molecule has 0 aromatic carbocycles. The van der Waals surface area contributed by atoms with Crippen LogP contribution in [0.4, 0.5) is 4.79 Å². The van der Waals surface area contributed by atoms with Crippen LogP contribution in [0, 0.1) is 5.92 Å². The Morgan fingerprint density at radius 2 is 1.69 bits per heavy atom. The average molecular weight is 227 g/mol. The van der Waals surface area contributed by atoms with Crippen LogP contribution in [0.5, 0.6) is 0 Å². The highest BCUT2D eigenvalue weighted by atomic mass is 16.4. The van der Waals surface area contributed by atoms with Crippen molar-refractivity contribution >= 4 is 12.1 Å². The van der Waals surface area contributed by atoms with Gasteiger partial charge in [-0.25, -0.2) is 4.79 Å². The van der Waals surface area contributed by atoms with Gasteiger partial charge in [-0.15, -0.1) is 0 Å². The summed E-state index contributed by atoms with van der Waals surface area (Å²) in [6.45, 7) is 0. The molecule has 2 fully saturated rings. The highest BCUT2D eigenvalue weighted by Crippen LogP contribution is 2.38. The largest absolute Gasteiger partial charge is 0.481 e. The zero-order valence-corrected chi connectivity index (χ0v) is 9.13. The molecule has 0 aromatic rings. The molecule has 0 spiro atoms. The second kappa shape index (κ2) is 4.31. The Hall–Kier alpha value is -1.26. The minimum absolute atomic E-state index is 0.0503. The van der Waals surface area contributed by atoms with E-state index in [2.05, 4.69) is 0 Å². The normalized spacial score (nSPS) is 33.5. The molecule has 0 radical (unpaired) electrons. The minimum Gasteiger partial charge on any atom is -0.481 e. The van der Waals surface area contributed by atoms with E-state index in [-0.39, 0.29) is 24.4 Å². The SMILES string of the molecule is O=C(O)CC1CC2CCCC(C1)N2C(=O)O. The van der Waals surface area contributed by atoms with Gasteiger partial charge in [0.1, 0.15) is 0 Å². The lowest BCUT2D eigenvalue weighted by Crippen LogP contribution is -2.54. The molecule has 16 heavy (non-hydrogen) atoms. The molecule has 90 valence electrons. The van der Waals surface area contributed by atoms with E-state index in [1.165, 1.54) is 0 Å². The van der Waals surface area contributed by atoms with Crippen LogP contribution in [-0.2, 0) is 4.79 Å². The van der Waals surface area contributed by atoms with Crippen molar-refractivity contribution in [1.29, 1.82) is 0 Å². The van der Waals surface area contributed by atoms with Gasteiger partial charge in [0.2, 0.25) is 0 Å². The molecule has 2 rings (SSSR count). The molecule has 2 heterocycles. The van der Waals surface area contributed by atoms with E-state index in [1.807, 2.05) is 0 Å². The van der Waals surface area contributed by atoms with E-state index >= 15 is 0 Å². The lowest BCUT2D eigenvalue weighted by atomic mass is 9.77. The number of hydrogen-bond acceptors (Lipinski definition) is 2. The molecule has 5 nitrogen and oxygen atoms in total. The maximum absolute atomic E-state index is 11.1. The first-order valence-corrected chi connectivity index (χ1v) is 5.81. The van der Waals surface area contributed by atoms with Crippen molar-refractivity contribution in [2.45, 2.75) is 50.6 Å². The molecule has 0 aromatic heterocycles. The second-order valence-corrected chi connectivity index (χ2v) is 4.86. The standard InChI is InChI=1S/C11H17NO4/c13-10(14)6-7-4-8-2-1-3-9(5-7)12(8)11(15)16/h7-9H,1-6H2,(H,13,14)(H,15,16). The van der Waals surface area contributed by atoms with Crippen molar-refractivity contribution < 1.29 is 19.8 Å². The van der Waals surface area contributed by atoms with Crippen molar-refractivity contribution in [3.8, 4) is 0 Å². The van der Waals surface area contributed by atoms with Crippen LogP contribution in [0.3, 0.4) is 0 Å². The van der Waals surface area contributed by atoms with Gasteiger partial charge in [0.15, 0.2) is 0 Å². The number of carbonyl (C=O) groups is 2.